The van der Waals surface area contributed by atoms with Crippen molar-refractivity contribution in [3.8, 4) is 5.75 Å². The Kier molecular flexibility index (Phi) is 4.02. The van der Waals surface area contributed by atoms with Crippen LogP contribution in [0.5, 0.6) is 5.75 Å². The highest BCUT2D eigenvalue weighted by atomic mass is 16.5. The Balaban J connectivity index is 2.42. The SMILES string of the molecule is COC(=O)C(N)Cc1ccc(OC)c2ccccc12. The molecular weight excluding hydrogens is 242 g/mol. The van der Waals surface area contributed by atoms with E-state index in [4.69, 9.17) is 10.5 Å². The van der Waals surface area contributed by atoms with Crippen molar-refractivity contribution in [3.63, 3.8) is 0 Å². The number of esters is 1. The number of hydrogen-bond acceptors (Lipinski definition) is 4. The largest absolute Gasteiger partial charge is 0.496 e. The van der Waals surface area contributed by atoms with Crippen LogP contribution >= 0.6 is 0 Å². The lowest BCUT2D eigenvalue weighted by Crippen LogP contribution is -2.33. The van der Waals surface area contributed by atoms with E-state index in [1.54, 1.807) is 7.11 Å². The number of methoxy groups -OCH3 is 2. The fourth-order valence-electron chi connectivity index (χ4n) is 2.16. The molecule has 19 heavy (non-hydrogen) atoms. The van der Waals surface area contributed by atoms with Crippen LogP contribution < -0.4 is 10.5 Å². The summed E-state index contributed by atoms with van der Waals surface area (Å²) in [6, 6.07) is 11.1. The van der Waals surface area contributed by atoms with Crippen molar-refractivity contribution in [1.29, 1.82) is 0 Å². The number of carbonyl (C=O) groups is 1. The normalized spacial score (nSPS) is 12.2. The van der Waals surface area contributed by atoms with E-state index in [9.17, 15) is 4.79 Å². The van der Waals surface area contributed by atoms with Crippen LogP contribution in [0.4, 0.5) is 0 Å². The fraction of sp³-hybridized carbons (Fsp3) is 0.267. The minimum Gasteiger partial charge on any atom is -0.496 e. The minimum absolute atomic E-state index is 0.403. The van der Waals surface area contributed by atoms with Crippen molar-refractivity contribution in [3.05, 3.63) is 42.0 Å². The first-order valence-corrected chi connectivity index (χ1v) is 6.05. The van der Waals surface area contributed by atoms with Gasteiger partial charge in [0, 0.05) is 5.39 Å². The van der Waals surface area contributed by atoms with Crippen LogP contribution in [-0.4, -0.2) is 26.2 Å². The molecule has 2 rings (SSSR count). The van der Waals surface area contributed by atoms with E-state index in [0.717, 1.165) is 22.1 Å². The van der Waals surface area contributed by atoms with E-state index in [0.29, 0.717) is 6.42 Å². The number of rotatable bonds is 4. The van der Waals surface area contributed by atoms with E-state index in [2.05, 4.69) is 4.74 Å². The lowest BCUT2D eigenvalue weighted by Gasteiger charge is -2.13. The molecule has 4 nitrogen and oxygen atoms in total. The molecule has 0 aliphatic carbocycles. The van der Waals surface area contributed by atoms with Gasteiger partial charge in [0.15, 0.2) is 0 Å². The molecule has 4 heteroatoms. The van der Waals surface area contributed by atoms with Crippen molar-refractivity contribution in [2.75, 3.05) is 14.2 Å². The first kappa shape index (κ1) is 13.4. The molecule has 0 aromatic heterocycles. The Morgan fingerprint density at radius 3 is 2.47 bits per heavy atom. The van der Waals surface area contributed by atoms with E-state index in [-0.39, 0.29) is 0 Å². The predicted molar refractivity (Wildman–Crippen MR) is 74.2 cm³/mol. The molecule has 0 aliphatic heterocycles. The first-order chi connectivity index (χ1) is 9.17. The first-order valence-electron chi connectivity index (χ1n) is 6.05. The van der Waals surface area contributed by atoms with Gasteiger partial charge in [-0.15, -0.1) is 0 Å². The molecule has 2 aromatic rings. The molecule has 0 bridgehead atoms. The minimum atomic E-state index is -0.651. The third-order valence-electron chi connectivity index (χ3n) is 3.14. The van der Waals surface area contributed by atoms with Crippen LogP contribution in [0.25, 0.3) is 10.8 Å². The number of carbonyl (C=O) groups excluding carboxylic acids is 1. The Morgan fingerprint density at radius 1 is 1.16 bits per heavy atom. The Bertz CT molecular complexity index is 595. The van der Waals surface area contributed by atoms with Crippen LogP contribution in [-0.2, 0) is 16.0 Å². The summed E-state index contributed by atoms with van der Waals surface area (Å²) < 4.78 is 9.99. The Hall–Kier alpha value is -2.07. The van der Waals surface area contributed by atoms with Crippen molar-refractivity contribution in [2.24, 2.45) is 5.73 Å². The van der Waals surface area contributed by atoms with Crippen LogP contribution in [0.2, 0.25) is 0 Å². The van der Waals surface area contributed by atoms with Gasteiger partial charge in [-0.1, -0.05) is 30.3 Å². The van der Waals surface area contributed by atoms with Gasteiger partial charge in [-0.25, -0.2) is 0 Å². The zero-order chi connectivity index (χ0) is 13.8. The molecule has 0 spiro atoms. The van der Waals surface area contributed by atoms with Crippen LogP contribution in [0.15, 0.2) is 36.4 Å². The molecule has 100 valence electrons. The average Bonchev–Trinajstić information content (AvgIpc) is 2.46. The van der Waals surface area contributed by atoms with Gasteiger partial charge in [-0.2, -0.15) is 0 Å². The van der Waals surface area contributed by atoms with Gasteiger partial charge in [-0.3, -0.25) is 4.79 Å². The third kappa shape index (κ3) is 2.69. The van der Waals surface area contributed by atoms with Gasteiger partial charge in [0.25, 0.3) is 0 Å². The summed E-state index contributed by atoms with van der Waals surface area (Å²) in [5.41, 5.74) is 6.82. The second-order valence-corrected chi connectivity index (χ2v) is 4.31. The number of fused-ring (bicyclic) bond motifs is 1. The summed E-state index contributed by atoms with van der Waals surface area (Å²) in [5, 5.41) is 2.06. The molecule has 0 amide bonds. The molecular formula is C15H17NO3. The van der Waals surface area contributed by atoms with E-state index in [1.165, 1.54) is 7.11 Å². The highest BCUT2D eigenvalue weighted by Gasteiger charge is 2.16. The van der Waals surface area contributed by atoms with E-state index in [1.807, 2.05) is 36.4 Å². The van der Waals surface area contributed by atoms with Crippen LogP contribution in [0.3, 0.4) is 0 Å². The fourth-order valence-corrected chi connectivity index (χ4v) is 2.16. The highest BCUT2D eigenvalue weighted by Crippen LogP contribution is 2.28. The van der Waals surface area contributed by atoms with Crippen molar-refractivity contribution in [2.45, 2.75) is 12.5 Å². The topological polar surface area (TPSA) is 61.5 Å². The summed E-state index contributed by atoms with van der Waals surface area (Å²) in [7, 11) is 2.98. The standard InChI is InChI=1S/C15H17NO3/c1-18-14-8-7-10(9-13(16)15(17)19-2)11-5-3-4-6-12(11)14/h3-8,13H,9,16H2,1-2H3. The van der Waals surface area contributed by atoms with Gasteiger partial charge < -0.3 is 15.2 Å². The quantitative estimate of drug-likeness (QED) is 0.852. The van der Waals surface area contributed by atoms with Crippen LogP contribution in [0.1, 0.15) is 5.56 Å². The average molecular weight is 259 g/mol. The van der Waals surface area contributed by atoms with Gasteiger partial charge in [0.2, 0.25) is 0 Å². The Labute approximate surface area is 112 Å². The van der Waals surface area contributed by atoms with Crippen LogP contribution in [0, 0.1) is 0 Å². The van der Waals surface area contributed by atoms with Crippen molar-refractivity contribution >= 4 is 16.7 Å². The van der Waals surface area contributed by atoms with Gasteiger partial charge in [-0.05, 0) is 23.4 Å². The number of hydrogen-bond donors (Lipinski definition) is 1. The summed E-state index contributed by atoms with van der Waals surface area (Å²) >= 11 is 0. The lowest BCUT2D eigenvalue weighted by atomic mass is 9.98. The summed E-state index contributed by atoms with van der Waals surface area (Å²) in [6.45, 7) is 0. The maximum absolute atomic E-state index is 11.4. The summed E-state index contributed by atoms with van der Waals surface area (Å²) in [5.74, 6) is 0.408. The Morgan fingerprint density at radius 2 is 1.84 bits per heavy atom. The molecule has 1 atom stereocenters. The van der Waals surface area contributed by atoms with E-state index >= 15 is 0 Å². The third-order valence-corrected chi connectivity index (χ3v) is 3.14. The molecule has 0 heterocycles. The molecule has 0 saturated carbocycles. The van der Waals surface area contributed by atoms with Gasteiger partial charge in [0.05, 0.1) is 14.2 Å². The summed E-state index contributed by atoms with van der Waals surface area (Å²) in [6.07, 6.45) is 0.442. The second kappa shape index (κ2) is 5.71. The number of nitrogens with two attached hydrogens (primary N) is 1. The zero-order valence-electron chi connectivity index (χ0n) is 11.1. The smallest absolute Gasteiger partial charge is 0.322 e. The predicted octanol–water partition coefficient (Wildman–Crippen LogP) is 1.89. The second-order valence-electron chi connectivity index (χ2n) is 4.31. The maximum Gasteiger partial charge on any atom is 0.322 e. The van der Waals surface area contributed by atoms with Gasteiger partial charge >= 0.3 is 5.97 Å². The van der Waals surface area contributed by atoms with Crippen molar-refractivity contribution in [1.82, 2.24) is 0 Å². The lowest BCUT2D eigenvalue weighted by molar-refractivity contribution is -0.142. The number of ether oxygens (including phenoxy) is 2. The summed E-state index contributed by atoms with van der Waals surface area (Å²) in [4.78, 5) is 11.4. The molecule has 0 saturated heterocycles. The molecule has 0 aliphatic rings. The molecule has 0 fully saturated rings. The highest BCUT2D eigenvalue weighted by molar-refractivity contribution is 5.91. The maximum atomic E-state index is 11.4. The molecule has 1 unspecified atom stereocenters. The number of benzene rings is 2. The monoisotopic (exact) mass is 259 g/mol. The molecule has 2 N–H and O–H groups in total. The van der Waals surface area contributed by atoms with E-state index < -0.39 is 12.0 Å². The molecule has 2 aromatic carbocycles. The van der Waals surface area contributed by atoms with Gasteiger partial charge in [0.1, 0.15) is 11.8 Å². The molecule has 0 radical (unpaired) electrons. The zero-order valence-corrected chi connectivity index (χ0v) is 11.1. The van der Waals surface area contributed by atoms with Crippen molar-refractivity contribution < 1.29 is 14.3 Å².